The van der Waals surface area contributed by atoms with Crippen LogP contribution in [-0.2, 0) is 16.0 Å². The predicted molar refractivity (Wildman–Crippen MR) is 98.6 cm³/mol. The molecule has 1 fully saturated rings. The Balaban J connectivity index is 2.14. The molecule has 3 rings (SSSR count). The first-order chi connectivity index (χ1) is 12.5. The molecule has 1 aromatic heterocycles. The maximum absolute atomic E-state index is 12.7. The Labute approximate surface area is 152 Å². The summed E-state index contributed by atoms with van der Waals surface area (Å²) in [4.78, 5) is 26.7. The van der Waals surface area contributed by atoms with E-state index < -0.39 is 17.7 Å². The minimum Gasteiger partial charge on any atom is -0.507 e. The Morgan fingerprint density at radius 1 is 1.12 bits per heavy atom. The molecule has 0 bridgehead atoms. The van der Waals surface area contributed by atoms with Crippen molar-refractivity contribution in [2.24, 2.45) is 0 Å². The molecule has 0 aliphatic carbocycles. The van der Waals surface area contributed by atoms with Crippen molar-refractivity contribution in [3.8, 4) is 0 Å². The third-order valence-electron chi connectivity index (χ3n) is 4.67. The number of hydrogen-bond acceptors (Lipinski definition) is 4. The monoisotopic (exact) mass is 353 g/mol. The minimum absolute atomic E-state index is 0.0852. The number of rotatable bonds is 5. The second kappa shape index (κ2) is 7.20. The molecule has 1 atom stereocenters. The van der Waals surface area contributed by atoms with Crippen LogP contribution in [-0.4, -0.2) is 28.2 Å². The lowest BCUT2D eigenvalue weighted by Gasteiger charge is -2.22. The zero-order chi connectivity index (χ0) is 18.8. The molecule has 1 amide bonds. The fraction of sp³-hybridized carbons (Fsp3) is 0.333. The van der Waals surface area contributed by atoms with Gasteiger partial charge >= 0.3 is 0 Å². The minimum atomic E-state index is -0.700. The number of nitrogens with zero attached hydrogens (tertiary/aromatic N) is 1. The maximum atomic E-state index is 12.7. The zero-order valence-corrected chi connectivity index (χ0v) is 15.3. The Hall–Kier alpha value is -2.82. The number of aryl methyl sites for hydroxylation is 2. The Morgan fingerprint density at radius 3 is 2.35 bits per heavy atom. The van der Waals surface area contributed by atoms with Gasteiger partial charge in [-0.05, 0) is 37.5 Å². The second-order valence-electron chi connectivity index (χ2n) is 6.49. The molecule has 1 saturated heterocycles. The van der Waals surface area contributed by atoms with E-state index in [9.17, 15) is 14.7 Å². The van der Waals surface area contributed by atoms with Gasteiger partial charge in [0, 0.05) is 12.1 Å². The van der Waals surface area contributed by atoms with Crippen molar-refractivity contribution >= 4 is 17.4 Å². The van der Waals surface area contributed by atoms with Crippen molar-refractivity contribution in [3.63, 3.8) is 0 Å². The largest absolute Gasteiger partial charge is 0.507 e. The number of carbonyl (C=O) groups is 2. The smallest absolute Gasteiger partial charge is 0.295 e. The molecule has 0 radical (unpaired) electrons. The Morgan fingerprint density at radius 2 is 1.81 bits per heavy atom. The lowest BCUT2D eigenvalue weighted by molar-refractivity contribution is -0.140. The number of amides is 1. The van der Waals surface area contributed by atoms with Crippen LogP contribution >= 0.6 is 0 Å². The van der Waals surface area contributed by atoms with Crippen LogP contribution in [0, 0.1) is 6.92 Å². The standard InChI is InChI=1S/C21H23NO4/c1-4-12-22-18(16-11-6-13(3)26-16)17(20(24)21(22)25)19(23)15-9-7-14(5-2)8-10-15/h6-11,18,23H,4-5,12H2,1-3H3/b19-17-. The molecular formula is C21H23NO4. The van der Waals surface area contributed by atoms with Crippen LogP contribution in [0.1, 0.15) is 49.0 Å². The van der Waals surface area contributed by atoms with Gasteiger partial charge < -0.3 is 14.4 Å². The van der Waals surface area contributed by atoms with Crippen molar-refractivity contribution in [2.45, 2.75) is 39.7 Å². The fourth-order valence-electron chi connectivity index (χ4n) is 3.30. The van der Waals surface area contributed by atoms with Crippen LogP contribution in [0.4, 0.5) is 0 Å². The van der Waals surface area contributed by atoms with Crippen LogP contribution in [0.2, 0.25) is 0 Å². The first-order valence-corrected chi connectivity index (χ1v) is 8.92. The van der Waals surface area contributed by atoms with Crippen LogP contribution in [0.3, 0.4) is 0 Å². The number of ketones is 1. The molecule has 0 spiro atoms. The number of benzene rings is 1. The predicted octanol–water partition coefficient (Wildman–Crippen LogP) is 3.98. The van der Waals surface area contributed by atoms with Gasteiger partial charge in [-0.1, -0.05) is 38.1 Å². The number of carbonyl (C=O) groups excluding carboxylic acids is 2. The molecule has 1 aromatic carbocycles. The fourth-order valence-corrected chi connectivity index (χ4v) is 3.30. The highest BCUT2D eigenvalue weighted by Crippen LogP contribution is 2.40. The molecule has 1 N–H and O–H groups in total. The molecule has 5 nitrogen and oxygen atoms in total. The van der Waals surface area contributed by atoms with Crippen molar-refractivity contribution < 1.29 is 19.1 Å². The van der Waals surface area contributed by atoms with E-state index in [1.165, 1.54) is 4.90 Å². The van der Waals surface area contributed by atoms with E-state index in [1.54, 1.807) is 31.2 Å². The first-order valence-electron chi connectivity index (χ1n) is 8.92. The third kappa shape index (κ3) is 3.05. The van der Waals surface area contributed by atoms with Crippen molar-refractivity contribution in [3.05, 3.63) is 64.6 Å². The van der Waals surface area contributed by atoms with Crippen molar-refractivity contribution in [1.82, 2.24) is 4.90 Å². The van der Waals surface area contributed by atoms with Crippen molar-refractivity contribution in [1.29, 1.82) is 0 Å². The number of likely N-dealkylation sites (tertiary alicyclic amines) is 1. The van der Waals surface area contributed by atoms with Crippen LogP contribution in [0.15, 0.2) is 46.4 Å². The summed E-state index contributed by atoms with van der Waals surface area (Å²) in [6.07, 6.45) is 1.59. The molecule has 136 valence electrons. The third-order valence-corrected chi connectivity index (χ3v) is 4.67. The van der Waals surface area contributed by atoms with E-state index in [0.29, 0.717) is 30.0 Å². The van der Waals surface area contributed by atoms with Crippen LogP contribution < -0.4 is 0 Å². The highest BCUT2D eigenvalue weighted by Gasteiger charge is 2.47. The van der Waals surface area contributed by atoms with Gasteiger partial charge in [-0.2, -0.15) is 0 Å². The van der Waals surface area contributed by atoms with Crippen LogP contribution in [0.5, 0.6) is 0 Å². The number of furan rings is 1. The average Bonchev–Trinajstić information content (AvgIpc) is 3.18. The highest BCUT2D eigenvalue weighted by atomic mass is 16.3. The molecular weight excluding hydrogens is 330 g/mol. The van der Waals surface area contributed by atoms with E-state index in [-0.39, 0.29) is 11.3 Å². The molecule has 0 saturated carbocycles. The van der Waals surface area contributed by atoms with Gasteiger partial charge in [-0.3, -0.25) is 9.59 Å². The number of aliphatic hydroxyl groups is 1. The molecule has 2 aromatic rings. The molecule has 5 heteroatoms. The first kappa shape index (κ1) is 18.0. The van der Waals surface area contributed by atoms with Gasteiger partial charge in [0.1, 0.15) is 23.3 Å². The molecule has 1 unspecified atom stereocenters. The second-order valence-corrected chi connectivity index (χ2v) is 6.49. The maximum Gasteiger partial charge on any atom is 0.295 e. The number of Topliss-reactive ketones (excluding diaryl/α,β-unsaturated/α-hetero) is 1. The summed E-state index contributed by atoms with van der Waals surface area (Å²) in [6.45, 7) is 6.21. The summed E-state index contributed by atoms with van der Waals surface area (Å²) >= 11 is 0. The lowest BCUT2D eigenvalue weighted by Crippen LogP contribution is -2.30. The van der Waals surface area contributed by atoms with E-state index in [1.807, 2.05) is 26.0 Å². The lowest BCUT2D eigenvalue weighted by atomic mass is 9.98. The summed E-state index contributed by atoms with van der Waals surface area (Å²) < 4.78 is 5.70. The van der Waals surface area contributed by atoms with Gasteiger partial charge in [0.25, 0.3) is 11.7 Å². The van der Waals surface area contributed by atoms with E-state index in [4.69, 9.17) is 4.42 Å². The summed E-state index contributed by atoms with van der Waals surface area (Å²) in [5.41, 5.74) is 1.73. The molecule has 2 heterocycles. The van der Waals surface area contributed by atoms with Crippen LogP contribution in [0.25, 0.3) is 5.76 Å². The van der Waals surface area contributed by atoms with Crippen molar-refractivity contribution in [2.75, 3.05) is 6.54 Å². The van der Waals surface area contributed by atoms with Gasteiger partial charge in [-0.15, -0.1) is 0 Å². The van der Waals surface area contributed by atoms with Gasteiger partial charge in [0.2, 0.25) is 0 Å². The topological polar surface area (TPSA) is 70.8 Å². The zero-order valence-electron chi connectivity index (χ0n) is 15.3. The molecule has 26 heavy (non-hydrogen) atoms. The van der Waals surface area contributed by atoms with E-state index >= 15 is 0 Å². The quantitative estimate of drug-likeness (QED) is 0.501. The van der Waals surface area contributed by atoms with Gasteiger partial charge in [-0.25, -0.2) is 0 Å². The molecule has 1 aliphatic rings. The van der Waals surface area contributed by atoms with E-state index in [2.05, 4.69) is 0 Å². The Kier molecular flexibility index (Phi) is 4.98. The van der Waals surface area contributed by atoms with Gasteiger partial charge in [0.05, 0.1) is 5.57 Å². The number of aliphatic hydroxyl groups excluding tert-OH is 1. The SMILES string of the molecule is CCCN1C(=O)C(=O)/C(=C(\O)c2ccc(CC)cc2)C1c1ccc(C)o1. The molecule has 1 aliphatic heterocycles. The Bertz CT molecular complexity index is 860. The summed E-state index contributed by atoms with van der Waals surface area (Å²) in [7, 11) is 0. The normalized spacial score (nSPS) is 19.3. The number of hydrogen-bond donors (Lipinski definition) is 1. The summed E-state index contributed by atoms with van der Waals surface area (Å²) in [5.74, 6) is -0.257. The highest BCUT2D eigenvalue weighted by molar-refractivity contribution is 6.46. The van der Waals surface area contributed by atoms with E-state index in [0.717, 1.165) is 12.0 Å². The summed E-state index contributed by atoms with van der Waals surface area (Å²) in [6, 6.07) is 10.2. The summed E-state index contributed by atoms with van der Waals surface area (Å²) in [5, 5.41) is 10.8. The average molecular weight is 353 g/mol. The van der Waals surface area contributed by atoms with Gasteiger partial charge in [0.15, 0.2) is 0 Å².